The average molecular weight is 339 g/mol. The zero-order valence-corrected chi connectivity index (χ0v) is 14.5. The molecule has 1 aliphatic heterocycles. The number of hydrogen-bond acceptors (Lipinski definition) is 4. The molecule has 1 saturated carbocycles. The molecule has 1 heterocycles. The lowest BCUT2D eigenvalue weighted by Crippen LogP contribution is -2.53. The number of carbonyl (C=O) groups excluding carboxylic acids is 2. The van der Waals surface area contributed by atoms with Gasteiger partial charge in [-0.3, -0.25) is 4.79 Å². The molecule has 0 bridgehead atoms. The van der Waals surface area contributed by atoms with E-state index < -0.39 is 12.1 Å². The number of aliphatic hydroxyl groups is 1. The van der Waals surface area contributed by atoms with E-state index in [4.69, 9.17) is 4.74 Å². The van der Waals surface area contributed by atoms with Crippen LogP contribution in [0, 0.1) is 0 Å². The molecule has 0 aromatic rings. The summed E-state index contributed by atoms with van der Waals surface area (Å²) in [7, 11) is 3.39. The van der Waals surface area contributed by atoms with Crippen LogP contribution in [0.25, 0.3) is 0 Å². The summed E-state index contributed by atoms with van der Waals surface area (Å²) >= 11 is 0. The van der Waals surface area contributed by atoms with Gasteiger partial charge in [-0.1, -0.05) is 31.4 Å². The SMILES string of the molecule is CN(C)C(=O)C[C@@H]1C=C[C@@H](NC(=O)NC2CCCCC2)[C@@H](CO)O1. The molecular formula is C17H29N3O4. The molecule has 0 saturated heterocycles. The highest BCUT2D eigenvalue weighted by molar-refractivity contribution is 5.76. The summed E-state index contributed by atoms with van der Waals surface area (Å²) in [6.07, 6.45) is 8.45. The Bertz CT molecular complexity index is 461. The maximum atomic E-state index is 12.1. The Hall–Kier alpha value is -1.60. The van der Waals surface area contributed by atoms with Crippen LogP contribution in [0.4, 0.5) is 4.79 Å². The Kier molecular flexibility index (Phi) is 7.05. The smallest absolute Gasteiger partial charge is 0.315 e. The van der Waals surface area contributed by atoms with Crippen molar-refractivity contribution in [3.05, 3.63) is 12.2 Å². The molecule has 2 aliphatic rings. The first-order valence-corrected chi connectivity index (χ1v) is 8.71. The number of nitrogens with one attached hydrogen (secondary N) is 2. The van der Waals surface area contributed by atoms with Crippen LogP contribution < -0.4 is 10.6 Å². The fraction of sp³-hybridized carbons (Fsp3) is 0.765. The molecule has 3 atom stereocenters. The monoisotopic (exact) mass is 339 g/mol. The Morgan fingerprint density at radius 3 is 2.50 bits per heavy atom. The van der Waals surface area contributed by atoms with Crippen molar-refractivity contribution < 1.29 is 19.4 Å². The lowest BCUT2D eigenvalue weighted by molar-refractivity contribution is -0.132. The van der Waals surface area contributed by atoms with Crippen LogP contribution in [0.5, 0.6) is 0 Å². The van der Waals surface area contributed by atoms with Gasteiger partial charge in [0.05, 0.1) is 25.2 Å². The van der Waals surface area contributed by atoms with Crippen LogP contribution in [-0.2, 0) is 9.53 Å². The third-order valence-corrected chi connectivity index (χ3v) is 4.58. The lowest BCUT2D eigenvalue weighted by Gasteiger charge is -2.32. The van der Waals surface area contributed by atoms with E-state index in [1.54, 1.807) is 26.2 Å². The van der Waals surface area contributed by atoms with Gasteiger partial charge in [0.25, 0.3) is 0 Å². The normalized spacial score (nSPS) is 27.5. The summed E-state index contributed by atoms with van der Waals surface area (Å²) in [5.74, 6) is -0.0391. The summed E-state index contributed by atoms with van der Waals surface area (Å²) in [5.41, 5.74) is 0. The van der Waals surface area contributed by atoms with E-state index >= 15 is 0 Å². The van der Waals surface area contributed by atoms with Crippen LogP contribution in [0.1, 0.15) is 38.5 Å². The van der Waals surface area contributed by atoms with Crippen molar-refractivity contribution in [1.82, 2.24) is 15.5 Å². The lowest BCUT2D eigenvalue weighted by atomic mass is 9.96. The summed E-state index contributed by atoms with van der Waals surface area (Å²) in [6.45, 7) is -0.217. The minimum atomic E-state index is -0.549. The number of carbonyl (C=O) groups is 2. The number of amides is 3. The number of ether oxygens (including phenoxy) is 1. The van der Waals surface area contributed by atoms with E-state index in [1.165, 1.54) is 11.3 Å². The summed E-state index contributed by atoms with van der Waals surface area (Å²) in [5, 5.41) is 15.4. The van der Waals surface area contributed by atoms with E-state index in [-0.39, 0.29) is 37.1 Å². The van der Waals surface area contributed by atoms with E-state index in [0.29, 0.717) is 0 Å². The zero-order chi connectivity index (χ0) is 17.5. The van der Waals surface area contributed by atoms with Gasteiger partial charge in [-0.25, -0.2) is 4.79 Å². The van der Waals surface area contributed by atoms with E-state index in [9.17, 15) is 14.7 Å². The van der Waals surface area contributed by atoms with Crippen molar-refractivity contribution in [3.8, 4) is 0 Å². The predicted octanol–water partition coefficient (Wildman–Crippen LogP) is 0.781. The van der Waals surface area contributed by atoms with E-state index in [0.717, 1.165) is 25.7 Å². The first-order valence-electron chi connectivity index (χ1n) is 8.71. The molecule has 0 spiro atoms. The van der Waals surface area contributed by atoms with Crippen molar-refractivity contribution in [2.24, 2.45) is 0 Å². The molecule has 2 rings (SSSR count). The fourth-order valence-corrected chi connectivity index (χ4v) is 3.12. The molecule has 7 nitrogen and oxygen atoms in total. The Morgan fingerprint density at radius 1 is 1.17 bits per heavy atom. The molecule has 0 unspecified atom stereocenters. The molecule has 0 aromatic carbocycles. The maximum Gasteiger partial charge on any atom is 0.315 e. The zero-order valence-electron chi connectivity index (χ0n) is 14.5. The Balaban J connectivity index is 1.85. The van der Waals surface area contributed by atoms with Gasteiger partial charge in [0, 0.05) is 20.1 Å². The van der Waals surface area contributed by atoms with Crippen molar-refractivity contribution >= 4 is 11.9 Å². The van der Waals surface area contributed by atoms with Crippen molar-refractivity contribution in [1.29, 1.82) is 0 Å². The number of aliphatic hydroxyl groups excluding tert-OH is 1. The molecule has 136 valence electrons. The highest BCUT2D eigenvalue weighted by Crippen LogP contribution is 2.18. The van der Waals surface area contributed by atoms with Crippen LogP contribution in [0.3, 0.4) is 0 Å². The van der Waals surface area contributed by atoms with Crippen molar-refractivity contribution in [3.63, 3.8) is 0 Å². The highest BCUT2D eigenvalue weighted by Gasteiger charge is 2.29. The number of rotatable bonds is 5. The fourth-order valence-electron chi connectivity index (χ4n) is 3.12. The predicted molar refractivity (Wildman–Crippen MR) is 90.5 cm³/mol. The quantitative estimate of drug-likeness (QED) is 0.646. The van der Waals surface area contributed by atoms with Gasteiger partial charge < -0.3 is 25.4 Å². The third kappa shape index (κ3) is 5.49. The molecule has 7 heteroatoms. The molecule has 0 radical (unpaired) electrons. The van der Waals surface area contributed by atoms with Crippen LogP contribution >= 0.6 is 0 Å². The second-order valence-corrected chi connectivity index (χ2v) is 6.75. The van der Waals surface area contributed by atoms with Gasteiger partial charge in [0.2, 0.25) is 5.91 Å². The van der Waals surface area contributed by atoms with Crippen LogP contribution in [0.15, 0.2) is 12.2 Å². The Labute approximate surface area is 143 Å². The average Bonchev–Trinajstić information content (AvgIpc) is 2.56. The first kappa shape index (κ1) is 18.7. The summed E-state index contributed by atoms with van der Waals surface area (Å²) in [6, 6.07) is -0.406. The first-order chi connectivity index (χ1) is 11.5. The minimum absolute atomic E-state index is 0.0391. The third-order valence-electron chi connectivity index (χ3n) is 4.58. The van der Waals surface area contributed by atoms with Gasteiger partial charge in [-0.15, -0.1) is 0 Å². The molecule has 0 aromatic heterocycles. The summed E-state index contributed by atoms with van der Waals surface area (Å²) < 4.78 is 5.73. The molecule has 3 amide bonds. The number of urea groups is 1. The number of hydrogen-bond donors (Lipinski definition) is 3. The minimum Gasteiger partial charge on any atom is -0.394 e. The van der Waals surface area contributed by atoms with Crippen molar-refractivity contribution in [2.45, 2.75) is 62.8 Å². The van der Waals surface area contributed by atoms with Crippen LogP contribution in [0.2, 0.25) is 0 Å². The Morgan fingerprint density at radius 2 is 1.88 bits per heavy atom. The second kappa shape index (κ2) is 9.03. The van der Waals surface area contributed by atoms with Crippen molar-refractivity contribution in [2.75, 3.05) is 20.7 Å². The molecule has 3 N–H and O–H groups in total. The molecule has 1 aliphatic carbocycles. The largest absolute Gasteiger partial charge is 0.394 e. The topological polar surface area (TPSA) is 90.9 Å². The van der Waals surface area contributed by atoms with Gasteiger partial charge in [0.1, 0.15) is 6.10 Å². The van der Waals surface area contributed by atoms with Gasteiger partial charge in [-0.05, 0) is 12.8 Å². The standard InChI is InChI=1S/C17H29N3O4/c1-20(2)16(22)10-13-8-9-14(15(11-21)24-13)19-17(23)18-12-6-4-3-5-7-12/h8-9,12-15,21H,3-7,10-11H2,1-2H3,(H2,18,19,23)/t13-,14+,15+/m0/s1. The van der Waals surface area contributed by atoms with Crippen LogP contribution in [-0.4, -0.2) is 66.9 Å². The van der Waals surface area contributed by atoms with E-state index in [1.807, 2.05) is 0 Å². The summed E-state index contributed by atoms with van der Waals surface area (Å²) in [4.78, 5) is 25.4. The maximum absolute atomic E-state index is 12.1. The van der Waals surface area contributed by atoms with Gasteiger partial charge in [-0.2, -0.15) is 0 Å². The number of nitrogens with zero attached hydrogens (tertiary/aromatic N) is 1. The van der Waals surface area contributed by atoms with Gasteiger partial charge in [0.15, 0.2) is 0 Å². The highest BCUT2D eigenvalue weighted by atomic mass is 16.5. The molecule has 1 fully saturated rings. The second-order valence-electron chi connectivity index (χ2n) is 6.75. The molecular weight excluding hydrogens is 310 g/mol. The van der Waals surface area contributed by atoms with Gasteiger partial charge >= 0.3 is 6.03 Å². The molecule has 24 heavy (non-hydrogen) atoms. The van der Waals surface area contributed by atoms with E-state index in [2.05, 4.69) is 10.6 Å².